The van der Waals surface area contributed by atoms with Crippen LogP contribution in [0.15, 0.2) is 30.4 Å². The lowest BCUT2D eigenvalue weighted by atomic mass is 9.86. The van der Waals surface area contributed by atoms with Gasteiger partial charge >= 0.3 is 0 Å². The second-order valence-corrected chi connectivity index (χ2v) is 7.77. The van der Waals surface area contributed by atoms with Crippen LogP contribution in [0, 0.1) is 23.7 Å². The summed E-state index contributed by atoms with van der Waals surface area (Å²) in [5.74, 6) is 7.04. The average Bonchev–Trinajstić information content (AvgIpc) is 3.17. The van der Waals surface area contributed by atoms with Gasteiger partial charge in [0.15, 0.2) is 0 Å². The molecule has 1 heterocycles. The molecule has 146 valence electrons. The fourth-order valence-corrected chi connectivity index (χ4v) is 4.27. The SMILES string of the molecule is CC#CC[C@H](C)[C@@H](O)/C=C/[C@@H]1[C@H]2c3cccc(CCCN)c3O[C@H]2C[C@H]1O. The van der Waals surface area contributed by atoms with Crippen molar-refractivity contribution in [2.24, 2.45) is 17.6 Å². The number of para-hydroxylation sites is 1. The molecule has 3 rings (SSSR count). The fourth-order valence-electron chi connectivity index (χ4n) is 4.27. The van der Waals surface area contributed by atoms with Gasteiger partial charge in [0.1, 0.15) is 11.9 Å². The Morgan fingerprint density at radius 1 is 1.41 bits per heavy atom. The van der Waals surface area contributed by atoms with E-state index in [1.165, 1.54) is 11.1 Å². The summed E-state index contributed by atoms with van der Waals surface area (Å²) in [5, 5.41) is 21.0. The van der Waals surface area contributed by atoms with Crippen molar-refractivity contribution in [1.82, 2.24) is 0 Å². The average molecular weight is 370 g/mol. The molecule has 0 amide bonds. The molecule has 0 aromatic heterocycles. The van der Waals surface area contributed by atoms with Gasteiger partial charge in [0.25, 0.3) is 0 Å². The molecule has 0 saturated heterocycles. The molecule has 0 spiro atoms. The number of hydrogen-bond donors (Lipinski definition) is 3. The Morgan fingerprint density at radius 3 is 2.96 bits per heavy atom. The first-order valence-corrected chi connectivity index (χ1v) is 9.99. The van der Waals surface area contributed by atoms with E-state index >= 15 is 0 Å². The Kier molecular flexibility index (Phi) is 6.59. The zero-order valence-corrected chi connectivity index (χ0v) is 16.3. The summed E-state index contributed by atoms with van der Waals surface area (Å²) in [6, 6.07) is 6.29. The molecule has 1 saturated carbocycles. The summed E-state index contributed by atoms with van der Waals surface area (Å²) >= 11 is 0. The van der Waals surface area contributed by atoms with Crippen molar-refractivity contribution >= 4 is 0 Å². The number of aryl methyl sites for hydroxylation is 1. The molecule has 0 bridgehead atoms. The molecule has 4 heteroatoms. The maximum absolute atomic E-state index is 10.6. The van der Waals surface area contributed by atoms with Crippen molar-refractivity contribution in [3.63, 3.8) is 0 Å². The van der Waals surface area contributed by atoms with E-state index in [4.69, 9.17) is 10.5 Å². The highest BCUT2D eigenvalue weighted by Crippen LogP contribution is 2.52. The quantitative estimate of drug-likeness (QED) is 0.510. The number of ether oxygens (including phenoxy) is 1. The maximum atomic E-state index is 10.6. The summed E-state index contributed by atoms with van der Waals surface area (Å²) in [6.45, 7) is 4.47. The molecule has 1 aromatic rings. The summed E-state index contributed by atoms with van der Waals surface area (Å²) in [6.07, 6.45) is 5.95. The normalized spacial score (nSPS) is 28.2. The summed E-state index contributed by atoms with van der Waals surface area (Å²) < 4.78 is 6.25. The topological polar surface area (TPSA) is 75.7 Å². The standard InChI is InChI=1S/C23H31NO3/c1-3-4-7-15(2)19(25)12-11-17-20(26)14-21-22(17)18-10-5-8-16(9-6-13-24)23(18)27-21/h5,8,10-12,15,17,19-22,25-26H,6-7,9,13-14,24H2,1-2H3/b12-11+/t15-,17-,19-,20+,21-,22-/m0/s1. The summed E-state index contributed by atoms with van der Waals surface area (Å²) in [4.78, 5) is 0. The van der Waals surface area contributed by atoms with Gasteiger partial charge in [0.05, 0.1) is 12.2 Å². The molecule has 0 unspecified atom stereocenters. The Hall–Kier alpha value is -1.80. The van der Waals surface area contributed by atoms with Crippen LogP contribution in [0.4, 0.5) is 0 Å². The van der Waals surface area contributed by atoms with Crippen LogP contribution in [0.25, 0.3) is 0 Å². The van der Waals surface area contributed by atoms with Gasteiger partial charge in [-0.25, -0.2) is 0 Å². The third-order valence-electron chi connectivity index (χ3n) is 5.85. The minimum Gasteiger partial charge on any atom is -0.489 e. The Bertz CT molecular complexity index is 733. The third kappa shape index (κ3) is 4.21. The smallest absolute Gasteiger partial charge is 0.126 e. The monoisotopic (exact) mass is 369 g/mol. The van der Waals surface area contributed by atoms with Gasteiger partial charge in [0, 0.05) is 30.2 Å². The van der Waals surface area contributed by atoms with Gasteiger partial charge in [-0.2, -0.15) is 0 Å². The Balaban J connectivity index is 1.77. The lowest BCUT2D eigenvalue weighted by molar-refractivity contribution is 0.134. The van der Waals surface area contributed by atoms with Crippen molar-refractivity contribution in [3.05, 3.63) is 41.5 Å². The lowest BCUT2D eigenvalue weighted by Gasteiger charge is -2.19. The summed E-state index contributed by atoms with van der Waals surface area (Å²) in [5.41, 5.74) is 8.05. The van der Waals surface area contributed by atoms with Gasteiger partial charge in [-0.1, -0.05) is 37.3 Å². The van der Waals surface area contributed by atoms with Crippen LogP contribution in [0.2, 0.25) is 0 Å². The van der Waals surface area contributed by atoms with Gasteiger partial charge in [-0.15, -0.1) is 11.8 Å². The van der Waals surface area contributed by atoms with Crippen molar-refractivity contribution in [2.45, 2.75) is 63.8 Å². The van der Waals surface area contributed by atoms with Crippen molar-refractivity contribution in [1.29, 1.82) is 0 Å². The first-order chi connectivity index (χ1) is 13.1. The highest BCUT2D eigenvalue weighted by atomic mass is 16.5. The molecular weight excluding hydrogens is 338 g/mol. The first kappa shape index (κ1) is 19.9. The van der Waals surface area contributed by atoms with Crippen LogP contribution < -0.4 is 10.5 Å². The zero-order valence-electron chi connectivity index (χ0n) is 16.3. The molecule has 2 aliphatic rings. The number of aliphatic hydroxyl groups excluding tert-OH is 2. The lowest BCUT2D eigenvalue weighted by Crippen LogP contribution is -2.19. The highest BCUT2D eigenvalue weighted by Gasteiger charge is 2.48. The second-order valence-electron chi connectivity index (χ2n) is 7.77. The number of benzene rings is 1. The Morgan fingerprint density at radius 2 is 2.22 bits per heavy atom. The van der Waals surface area contributed by atoms with Crippen molar-refractivity contribution in [2.75, 3.05) is 6.54 Å². The number of aliphatic hydroxyl groups is 2. The number of fused-ring (bicyclic) bond motifs is 3. The van der Waals surface area contributed by atoms with Gasteiger partial charge in [0.2, 0.25) is 0 Å². The van der Waals surface area contributed by atoms with E-state index < -0.39 is 12.2 Å². The molecule has 4 N–H and O–H groups in total. The van der Waals surface area contributed by atoms with E-state index in [-0.39, 0.29) is 23.9 Å². The molecule has 1 fully saturated rings. The first-order valence-electron chi connectivity index (χ1n) is 9.99. The molecule has 1 aliphatic heterocycles. The Labute approximate surface area is 162 Å². The van der Waals surface area contributed by atoms with Crippen molar-refractivity contribution < 1.29 is 14.9 Å². The van der Waals surface area contributed by atoms with Crippen LogP contribution in [0.1, 0.15) is 50.2 Å². The van der Waals surface area contributed by atoms with E-state index in [0.29, 0.717) is 19.4 Å². The molecule has 1 aromatic carbocycles. The minimum atomic E-state index is -0.560. The van der Waals surface area contributed by atoms with E-state index in [0.717, 1.165) is 18.6 Å². The van der Waals surface area contributed by atoms with Crippen LogP contribution in [-0.2, 0) is 6.42 Å². The maximum Gasteiger partial charge on any atom is 0.126 e. The van der Waals surface area contributed by atoms with Crippen molar-refractivity contribution in [3.8, 4) is 17.6 Å². The van der Waals surface area contributed by atoms with Gasteiger partial charge in [-0.05, 0) is 37.8 Å². The van der Waals surface area contributed by atoms with Crippen LogP contribution >= 0.6 is 0 Å². The van der Waals surface area contributed by atoms with E-state index in [2.05, 4.69) is 30.0 Å². The molecule has 6 atom stereocenters. The largest absolute Gasteiger partial charge is 0.489 e. The minimum absolute atomic E-state index is 0.00389. The predicted molar refractivity (Wildman–Crippen MR) is 107 cm³/mol. The van der Waals surface area contributed by atoms with E-state index in [1.54, 1.807) is 0 Å². The van der Waals surface area contributed by atoms with E-state index in [9.17, 15) is 10.2 Å². The number of rotatable bonds is 7. The predicted octanol–water partition coefficient (Wildman–Crippen LogP) is 2.77. The van der Waals surface area contributed by atoms with Crippen LogP contribution in [-0.4, -0.2) is 35.1 Å². The highest BCUT2D eigenvalue weighted by molar-refractivity contribution is 5.49. The molecule has 0 radical (unpaired) electrons. The van der Waals surface area contributed by atoms with Crippen LogP contribution in [0.5, 0.6) is 5.75 Å². The molecule has 1 aliphatic carbocycles. The summed E-state index contributed by atoms with van der Waals surface area (Å²) in [7, 11) is 0. The van der Waals surface area contributed by atoms with Crippen LogP contribution in [0.3, 0.4) is 0 Å². The fraction of sp³-hybridized carbons (Fsp3) is 0.565. The van der Waals surface area contributed by atoms with Gasteiger partial charge < -0.3 is 20.7 Å². The molecule has 4 nitrogen and oxygen atoms in total. The second kappa shape index (κ2) is 8.93. The number of nitrogens with two attached hydrogens (primary N) is 1. The molecular formula is C23H31NO3. The third-order valence-corrected chi connectivity index (χ3v) is 5.85. The molecule has 27 heavy (non-hydrogen) atoms. The van der Waals surface area contributed by atoms with Gasteiger partial charge in [-0.3, -0.25) is 0 Å². The van der Waals surface area contributed by atoms with E-state index in [1.807, 2.05) is 26.0 Å². The zero-order chi connectivity index (χ0) is 19.4. The number of hydrogen-bond acceptors (Lipinski definition) is 4.